The Morgan fingerprint density at radius 2 is 1.85 bits per heavy atom. The number of amides is 1. The van der Waals surface area contributed by atoms with Crippen LogP contribution in [0.3, 0.4) is 0 Å². The Morgan fingerprint density at radius 1 is 1.20 bits per heavy atom. The Morgan fingerprint density at radius 3 is 2.40 bits per heavy atom. The highest BCUT2D eigenvalue weighted by Gasteiger charge is 2.16. The van der Waals surface area contributed by atoms with Crippen LogP contribution in [0, 0.1) is 13.8 Å². The van der Waals surface area contributed by atoms with E-state index in [0.717, 1.165) is 22.5 Å². The van der Waals surface area contributed by atoms with E-state index < -0.39 is 0 Å². The maximum absolute atomic E-state index is 12.3. The molecule has 1 N–H and O–H groups in total. The van der Waals surface area contributed by atoms with Gasteiger partial charge in [0.2, 0.25) is 0 Å². The summed E-state index contributed by atoms with van der Waals surface area (Å²) in [5, 5.41) is 2.98. The lowest BCUT2D eigenvalue weighted by Gasteiger charge is -2.13. The van der Waals surface area contributed by atoms with Gasteiger partial charge < -0.3 is 9.88 Å². The lowest BCUT2D eigenvalue weighted by molar-refractivity contribution is 0.0950. The molecule has 0 aliphatic carbocycles. The number of nitrogens with zero attached hydrogens (tertiary/aromatic N) is 1. The van der Waals surface area contributed by atoms with E-state index in [9.17, 15) is 4.79 Å². The van der Waals surface area contributed by atoms with E-state index >= 15 is 0 Å². The van der Waals surface area contributed by atoms with Crippen molar-refractivity contribution in [1.29, 1.82) is 0 Å². The number of rotatable bonds is 4. The quantitative estimate of drug-likeness (QED) is 0.904. The van der Waals surface area contributed by atoms with Gasteiger partial charge in [0.1, 0.15) is 0 Å². The Balaban J connectivity index is 2.12. The van der Waals surface area contributed by atoms with Crippen molar-refractivity contribution in [1.82, 2.24) is 9.88 Å². The first-order chi connectivity index (χ1) is 9.50. The molecule has 2 rings (SSSR count). The number of carbonyl (C=O) groups is 1. The summed E-state index contributed by atoms with van der Waals surface area (Å²) in [7, 11) is 0. The molecule has 0 spiro atoms. The average Bonchev–Trinajstić information content (AvgIpc) is 2.72. The fourth-order valence-electron chi connectivity index (χ4n) is 2.68. The van der Waals surface area contributed by atoms with Gasteiger partial charge in [-0.3, -0.25) is 4.79 Å². The van der Waals surface area contributed by atoms with E-state index in [4.69, 9.17) is 0 Å². The van der Waals surface area contributed by atoms with Crippen molar-refractivity contribution in [2.24, 2.45) is 0 Å². The Hall–Kier alpha value is -2.03. The van der Waals surface area contributed by atoms with E-state index in [1.807, 2.05) is 50.2 Å². The summed E-state index contributed by atoms with van der Waals surface area (Å²) >= 11 is 0. The SMILES string of the molecule is Cc1cc(C(=O)NCc2ccccc2)c(C)n1C(C)C. The van der Waals surface area contributed by atoms with Crippen LogP contribution in [0.4, 0.5) is 0 Å². The first-order valence-electron chi connectivity index (χ1n) is 7.01. The molecule has 0 aliphatic heterocycles. The van der Waals surface area contributed by atoms with Gasteiger partial charge in [-0.05, 0) is 39.3 Å². The number of benzene rings is 1. The standard InChI is InChI=1S/C17H22N2O/c1-12(2)19-13(3)10-16(14(19)4)17(20)18-11-15-8-6-5-7-9-15/h5-10,12H,11H2,1-4H3,(H,18,20). The second-order valence-corrected chi connectivity index (χ2v) is 5.42. The summed E-state index contributed by atoms with van der Waals surface area (Å²) in [6.45, 7) is 8.87. The van der Waals surface area contributed by atoms with Crippen LogP contribution in [0.5, 0.6) is 0 Å². The molecule has 1 aromatic carbocycles. The molecule has 0 bridgehead atoms. The number of nitrogens with one attached hydrogen (secondary N) is 1. The van der Waals surface area contributed by atoms with Crippen LogP contribution < -0.4 is 5.32 Å². The van der Waals surface area contributed by atoms with Crippen molar-refractivity contribution in [2.45, 2.75) is 40.3 Å². The van der Waals surface area contributed by atoms with Gasteiger partial charge in [-0.1, -0.05) is 30.3 Å². The highest BCUT2D eigenvalue weighted by Crippen LogP contribution is 2.20. The topological polar surface area (TPSA) is 34.0 Å². The lowest BCUT2D eigenvalue weighted by Crippen LogP contribution is -2.23. The molecular weight excluding hydrogens is 248 g/mol. The van der Waals surface area contributed by atoms with E-state index in [-0.39, 0.29) is 5.91 Å². The number of aromatic nitrogens is 1. The zero-order chi connectivity index (χ0) is 14.7. The lowest BCUT2D eigenvalue weighted by atomic mass is 10.2. The first kappa shape index (κ1) is 14.4. The van der Waals surface area contributed by atoms with Crippen LogP contribution in [-0.2, 0) is 6.54 Å². The maximum Gasteiger partial charge on any atom is 0.253 e. The average molecular weight is 270 g/mol. The highest BCUT2D eigenvalue weighted by atomic mass is 16.1. The third-order valence-electron chi connectivity index (χ3n) is 3.54. The number of hydrogen-bond acceptors (Lipinski definition) is 1. The second kappa shape index (κ2) is 5.95. The van der Waals surface area contributed by atoms with Gasteiger partial charge in [-0.25, -0.2) is 0 Å². The molecule has 1 amide bonds. The van der Waals surface area contributed by atoms with Gasteiger partial charge in [0.05, 0.1) is 5.56 Å². The molecule has 2 aromatic rings. The molecule has 3 nitrogen and oxygen atoms in total. The second-order valence-electron chi connectivity index (χ2n) is 5.42. The highest BCUT2D eigenvalue weighted by molar-refractivity contribution is 5.95. The van der Waals surface area contributed by atoms with Crippen molar-refractivity contribution < 1.29 is 4.79 Å². The van der Waals surface area contributed by atoms with Crippen molar-refractivity contribution in [3.8, 4) is 0 Å². The van der Waals surface area contributed by atoms with Gasteiger partial charge in [-0.2, -0.15) is 0 Å². The van der Waals surface area contributed by atoms with Crippen molar-refractivity contribution in [3.63, 3.8) is 0 Å². The summed E-state index contributed by atoms with van der Waals surface area (Å²) in [4.78, 5) is 12.3. The van der Waals surface area contributed by atoms with Gasteiger partial charge in [-0.15, -0.1) is 0 Å². The molecule has 0 unspecified atom stereocenters. The van der Waals surface area contributed by atoms with Crippen LogP contribution in [0.15, 0.2) is 36.4 Å². The minimum atomic E-state index is -0.00569. The maximum atomic E-state index is 12.3. The zero-order valence-electron chi connectivity index (χ0n) is 12.6. The van der Waals surface area contributed by atoms with E-state index in [1.54, 1.807) is 0 Å². The summed E-state index contributed by atoms with van der Waals surface area (Å²) in [6, 6.07) is 12.3. The van der Waals surface area contributed by atoms with Crippen molar-refractivity contribution in [3.05, 3.63) is 58.9 Å². The Labute approximate surface area is 120 Å². The number of aryl methyl sites for hydroxylation is 1. The van der Waals surface area contributed by atoms with Crippen LogP contribution in [0.25, 0.3) is 0 Å². The minimum absolute atomic E-state index is 0.00569. The van der Waals surface area contributed by atoms with Gasteiger partial charge in [0.15, 0.2) is 0 Å². The van der Waals surface area contributed by atoms with Gasteiger partial charge in [0, 0.05) is 24.0 Å². The Bertz CT molecular complexity index is 597. The molecule has 3 heteroatoms. The van der Waals surface area contributed by atoms with E-state index in [1.165, 1.54) is 0 Å². The van der Waals surface area contributed by atoms with E-state index in [0.29, 0.717) is 12.6 Å². The van der Waals surface area contributed by atoms with Crippen LogP contribution in [0.1, 0.15) is 47.2 Å². The molecule has 1 heterocycles. The van der Waals surface area contributed by atoms with Crippen LogP contribution in [0.2, 0.25) is 0 Å². The summed E-state index contributed by atoms with van der Waals surface area (Å²) in [5.74, 6) is -0.00569. The third-order valence-corrected chi connectivity index (χ3v) is 3.54. The molecule has 0 atom stereocenters. The van der Waals surface area contributed by atoms with Crippen molar-refractivity contribution >= 4 is 5.91 Å². The number of hydrogen-bond donors (Lipinski definition) is 1. The number of carbonyl (C=O) groups excluding carboxylic acids is 1. The molecule has 0 saturated carbocycles. The fraction of sp³-hybridized carbons (Fsp3) is 0.353. The van der Waals surface area contributed by atoms with Gasteiger partial charge in [0.25, 0.3) is 5.91 Å². The normalized spacial score (nSPS) is 10.8. The molecule has 1 aromatic heterocycles. The van der Waals surface area contributed by atoms with Gasteiger partial charge >= 0.3 is 0 Å². The molecule has 0 fully saturated rings. The van der Waals surface area contributed by atoms with E-state index in [2.05, 4.69) is 23.7 Å². The zero-order valence-corrected chi connectivity index (χ0v) is 12.6. The molecule has 0 saturated heterocycles. The van der Waals surface area contributed by atoms with Crippen LogP contribution in [-0.4, -0.2) is 10.5 Å². The smallest absolute Gasteiger partial charge is 0.253 e. The predicted octanol–water partition coefficient (Wildman–Crippen LogP) is 3.62. The summed E-state index contributed by atoms with van der Waals surface area (Å²) < 4.78 is 2.19. The minimum Gasteiger partial charge on any atom is -0.348 e. The summed E-state index contributed by atoms with van der Waals surface area (Å²) in [5.41, 5.74) is 4.04. The molecule has 0 aliphatic rings. The molecule has 20 heavy (non-hydrogen) atoms. The Kier molecular flexibility index (Phi) is 4.28. The summed E-state index contributed by atoms with van der Waals surface area (Å²) in [6.07, 6.45) is 0. The van der Waals surface area contributed by atoms with Crippen molar-refractivity contribution in [2.75, 3.05) is 0 Å². The molecule has 0 radical (unpaired) electrons. The first-order valence-corrected chi connectivity index (χ1v) is 7.01. The third kappa shape index (κ3) is 2.93. The largest absolute Gasteiger partial charge is 0.348 e. The van der Waals surface area contributed by atoms with Crippen LogP contribution >= 0.6 is 0 Å². The fourth-order valence-corrected chi connectivity index (χ4v) is 2.68. The monoisotopic (exact) mass is 270 g/mol. The molecular formula is C17H22N2O. The predicted molar refractivity (Wildman–Crippen MR) is 81.9 cm³/mol. The molecule has 106 valence electrons.